The number of halogens is 4. The third kappa shape index (κ3) is 3.59. The zero-order valence-corrected chi connectivity index (χ0v) is 13.0. The van der Waals surface area contributed by atoms with E-state index >= 15 is 0 Å². The van der Waals surface area contributed by atoms with Gasteiger partial charge in [0.15, 0.2) is 6.61 Å². The van der Waals surface area contributed by atoms with Gasteiger partial charge in [-0.2, -0.15) is 13.9 Å². The van der Waals surface area contributed by atoms with Crippen LogP contribution in [0.1, 0.15) is 0 Å². The Morgan fingerprint density at radius 1 is 1.17 bits per heavy atom. The molecule has 1 aromatic carbocycles. The average molecular weight is 356 g/mol. The summed E-state index contributed by atoms with van der Waals surface area (Å²) in [7, 11) is 0. The van der Waals surface area contributed by atoms with E-state index < -0.39 is 19.0 Å². The lowest BCUT2D eigenvalue weighted by atomic mass is 10.1. The van der Waals surface area contributed by atoms with Crippen molar-refractivity contribution in [3.05, 3.63) is 47.8 Å². The van der Waals surface area contributed by atoms with Gasteiger partial charge in [-0.15, -0.1) is 11.3 Å². The van der Waals surface area contributed by atoms with Crippen molar-refractivity contribution in [3.63, 3.8) is 0 Å². The smallest absolute Gasteiger partial charge is 0.340 e. The van der Waals surface area contributed by atoms with E-state index in [2.05, 4.69) is 10.2 Å². The maximum Gasteiger partial charge on any atom is 0.340 e. The van der Waals surface area contributed by atoms with E-state index in [0.717, 1.165) is 16.1 Å². The van der Waals surface area contributed by atoms with E-state index in [1.165, 1.54) is 12.1 Å². The summed E-state index contributed by atoms with van der Waals surface area (Å²) in [4.78, 5) is 1.04. The van der Waals surface area contributed by atoms with Crippen molar-refractivity contribution in [1.82, 2.24) is 10.2 Å². The second kappa shape index (κ2) is 6.64. The van der Waals surface area contributed by atoms with Crippen molar-refractivity contribution in [2.75, 3.05) is 6.61 Å². The number of hydrogen-bond acceptors (Lipinski definition) is 3. The van der Waals surface area contributed by atoms with Gasteiger partial charge in [-0.05, 0) is 41.8 Å². The highest BCUT2D eigenvalue weighted by molar-refractivity contribution is 7.13. The predicted molar refractivity (Wildman–Crippen MR) is 83.8 cm³/mol. The molecular weight excluding hydrogens is 344 g/mol. The Labute approximate surface area is 138 Å². The molecule has 0 unspecified atom stereocenters. The summed E-state index contributed by atoms with van der Waals surface area (Å²) in [6.07, 6.45) is -3.75. The lowest BCUT2D eigenvalue weighted by Gasteiger charge is -2.15. The Morgan fingerprint density at radius 3 is 2.54 bits per heavy atom. The second-order valence-electron chi connectivity index (χ2n) is 5.02. The molecule has 126 valence electrons. The number of ether oxygens (including phenoxy) is 1. The lowest BCUT2D eigenvalue weighted by molar-refractivity contribution is -0.148. The second-order valence-corrected chi connectivity index (χ2v) is 5.97. The molecule has 3 rings (SSSR count). The molecule has 0 radical (unpaired) electrons. The van der Waals surface area contributed by atoms with Crippen LogP contribution in [0.15, 0.2) is 47.8 Å². The topological polar surface area (TPSA) is 37.9 Å². The minimum Gasteiger partial charge on any atom is -0.487 e. The first-order chi connectivity index (χ1) is 11.5. The number of benzene rings is 1. The molecule has 0 saturated heterocycles. The maximum atomic E-state index is 12.8. The van der Waals surface area contributed by atoms with Crippen LogP contribution in [-0.2, 0) is 0 Å². The molecular formula is C16H12F4N2OS. The van der Waals surface area contributed by atoms with Crippen molar-refractivity contribution < 1.29 is 22.3 Å². The van der Waals surface area contributed by atoms with Crippen LogP contribution in [0.25, 0.3) is 21.8 Å². The Hall–Kier alpha value is -2.35. The van der Waals surface area contributed by atoms with Gasteiger partial charge in [-0.3, -0.25) is 5.10 Å². The van der Waals surface area contributed by atoms with Crippen LogP contribution in [-0.4, -0.2) is 29.2 Å². The van der Waals surface area contributed by atoms with Gasteiger partial charge in [-0.25, -0.2) is 8.78 Å². The first-order valence-corrected chi connectivity index (χ1v) is 7.82. The minimum atomic E-state index is -4.17. The fourth-order valence-corrected chi connectivity index (χ4v) is 2.68. The highest BCUT2D eigenvalue weighted by Crippen LogP contribution is 2.29. The first kappa shape index (κ1) is 16.5. The van der Waals surface area contributed by atoms with E-state index in [0.29, 0.717) is 5.69 Å². The molecule has 8 heteroatoms. The molecule has 0 atom stereocenters. The van der Waals surface area contributed by atoms with Crippen molar-refractivity contribution in [1.29, 1.82) is 0 Å². The number of H-pyrrole nitrogens is 1. The molecule has 2 aromatic heterocycles. The number of rotatable bonds is 6. The fraction of sp³-hybridized carbons (Fsp3) is 0.188. The summed E-state index contributed by atoms with van der Waals surface area (Å²) < 4.78 is 54.5. The molecule has 1 N–H and O–H groups in total. The lowest BCUT2D eigenvalue weighted by Crippen LogP contribution is -2.33. The Morgan fingerprint density at radius 2 is 1.92 bits per heavy atom. The molecule has 3 nitrogen and oxygen atoms in total. The van der Waals surface area contributed by atoms with Crippen LogP contribution >= 0.6 is 11.3 Å². The summed E-state index contributed by atoms with van der Waals surface area (Å²) in [5.41, 5.74) is 2.31. The highest BCUT2D eigenvalue weighted by Gasteiger charge is 2.41. The van der Waals surface area contributed by atoms with E-state index in [-0.39, 0.29) is 5.75 Å². The number of alkyl halides is 4. The molecule has 0 bridgehead atoms. The first-order valence-electron chi connectivity index (χ1n) is 6.94. The standard InChI is InChI=1S/C16H12F4N2OS/c17-15(18)16(19,20)9-23-11-5-3-10(4-6-11)12-8-13(22-21-12)14-2-1-7-24-14/h1-8,15H,9H2,(H,21,22). The van der Waals surface area contributed by atoms with Crippen LogP contribution in [0.3, 0.4) is 0 Å². The van der Waals surface area contributed by atoms with E-state index in [1.807, 2.05) is 23.6 Å². The van der Waals surface area contributed by atoms with Gasteiger partial charge >= 0.3 is 12.3 Å². The van der Waals surface area contributed by atoms with Gasteiger partial charge in [0.2, 0.25) is 0 Å². The highest BCUT2D eigenvalue weighted by atomic mass is 32.1. The molecule has 3 aromatic rings. The molecule has 0 saturated carbocycles. The van der Waals surface area contributed by atoms with Crippen molar-refractivity contribution in [2.24, 2.45) is 0 Å². The largest absolute Gasteiger partial charge is 0.487 e. The fourth-order valence-electron chi connectivity index (χ4n) is 1.99. The number of thiophene rings is 1. The molecule has 24 heavy (non-hydrogen) atoms. The quantitative estimate of drug-likeness (QED) is 0.625. The van der Waals surface area contributed by atoms with Crippen LogP contribution in [0.4, 0.5) is 17.6 Å². The molecule has 0 aliphatic carbocycles. The van der Waals surface area contributed by atoms with Crippen molar-refractivity contribution in [2.45, 2.75) is 12.3 Å². The number of nitrogens with zero attached hydrogens (tertiary/aromatic N) is 1. The van der Waals surface area contributed by atoms with Crippen molar-refractivity contribution in [3.8, 4) is 27.6 Å². The summed E-state index contributed by atoms with van der Waals surface area (Å²) >= 11 is 1.57. The molecule has 0 aliphatic heterocycles. The summed E-state index contributed by atoms with van der Waals surface area (Å²) in [5.74, 6) is -4.08. The van der Waals surface area contributed by atoms with E-state index in [1.54, 1.807) is 23.5 Å². The summed E-state index contributed by atoms with van der Waals surface area (Å²) in [6.45, 7) is -1.37. The van der Waals surface area contributed by atoms with Gasteiger partial charge in [0.1, 0.15) is 5.75 Å². The zero-order valence-electron chi connectivity index (χ0n) is 12.2. The average Bonchev–Trinajstić information content (AvgIpc) is 3.24. The molecule has 0 fully saturated rings. The number of aromatic nitrogens is 2. The third-order valence-corrected chi connectivity index (χ3v) is 4.17. The third-order valence-electron chi connectivity index (χ3n) is 3.27. The van der Waals surface area contributed by atoms with Crippen LogP contribution in [0.5, 0.6) is 5.75 Å². The van der Waals surface area contributed by atoms with Crippen LogP contribution < -0.4 is 4.74 Å². The van der Waals surface area contributed by atoms with Gasteiger partial charge in [-0.1, -0.05) is 6.07 Å². The SMILES string of the molecule is FC(F)C(F)(F)COc1ccc(-c2cc(-c3cccs3)[nH]n2)cc1. The van der Waals surface area contributed by atoms with E-state index in [4.69, 9.17) is 4.74 Å². The minimum absolute atomic E-state index is 0.0908. The van der Waals surface area contributed by atoms with Gasteiger partial charge < -0.3 is 4.74 Å². The van der Waals surface area contributed by atoms with E-state index in [9.17, 15) is 17.6 Å². The maximum absolute atomic E-state index is 12.8. The Kier molecular flexibility index (Phi) is 4.57. The molecule has 0 spiro atoms. The monoisotopic (exact) mass is 356 g/mol. The molecule has 0 aliphatic rings. The Bertz CT molecular complexity index is 785. The summed E-state index contributed by atoms with van der Waals surface area (Å²) in [6, 6.07) is 11.9. The van der Waals surface area contributed by atoms with Crippen LogP contribution in [0, 0.1) is 0 Å². The normalized spacial score (nSPS) is 11.9. The number of aromatic amines is 1. The number of nitrogens with one attached hydrogen (secondary N) is 1. The van der Waals surface area contributed by atoms with Gasteiger partial charge in [0.25, 0.3) is 0 Å². The van der Waals surface area contributed by atoms with Gasteiger partial charge in [0, 0.05) is 5.56 Å². The summed E-state index contributed by atoms with van der Waals surface area (Å²) in [5, 5.41) is 9.08. The molecule has 2 heterocycles. The molecule has 0 amide bonds. The zero-order chi connectivity index (χ0) is 17.2. The van der Waals surface area contributed by atoms with Gasteiger partial charge in [0.05, 0.1) is 16.3 Å². The Balaban J connectivity index is 1.69. The number of hydrogen-bond donors (Lipinski definition) is 1. The van der Waals surface area contributed by atoms with Crippen molar-refractivity contribution >= 4 is 11.3 Å². The predicted octanol–water partition coefficient (Wildman–Crippen LogP) is 5.08. The van der Waals surface area contributed by atoms with Crippen LogP contribution in [0.2, 0.25) is 0 Å².